The monoisotopic (exact) mass is 283 g/mol. The van der Waals surface area contributed by atoms with Crippen molar-refractivity contribution in [2.75, 3.05) is 5.75 Å². The van der Waals surface area contributed by atoms with E-state index in [2.05, 4.69) is 6.07 Å². The zero-order valence-corrected chi connectivity index (χ0v) is 12.4. The number of piperidine rings is 1. The Bertz CT molecular complexity index is 415. The van der Waals surface area contributed by atoms with Crippen LogP contribution in [0, 0.1) is 17.2 Å². The fraction of sp³-hybridized carbons (Fsp3) is 0.846. The SMILES string of the molecule is CC(C)(C)[S+]([O-])CC(N)C(=O)N1C(C#N)C[C@@H]2C[C@@H]21. The Morgan fingerprint density at radius 1 is 1.58 bits per heavy atom. The van der Waals surface area contributed by atoms with Gasteiger partial charge in [0.25, 0.3) is 0 Å². The van der Waals surface area contributed by atoms with Gasteiger partial charge < -0.3 is 15.2 Å². The van der Waals surface area contributed by atoms with Crippen molar-refractivity contribution >= 4 is 17.1 Å². The molecule has 5 nitrogen and oxygen atoms in total. The molecule has 5 atom stereocenters. The number of nitrogens with zero attached hydrogens (tertiary/aromatic N) is 2. The molecule has 6 heteroatoms. The van der Waals surface area contributed by atoms with Gasteiger partial charge in [0, 0.05) is 6.04 Å². The number of nitriles is 1. The van der Waals surface area contributed by atoms with Gasteiger partial charge >= 0.3 is 0 Å². The predicted molar refractivity (Wildman–Crippen MR) is 73.5 cm³/mol. The summed E-state index contributed by atoms with van der Waals surface area (Å²) in [4.78, 5) is 14.0. The molecule has 0 spiro atoms. The Kier molecular flexibility index (Phi) is 3.83. The van der Waals surface area contributed by atoms with Gasteiger partial charge in [-0.05, 0) is 50.7 Å². The van der Waals surface area contributed by atoms with Crippen LogP contribution in [-0.4, -0.2) is 44.0 Å². The summed E-state index contributed by atoms with van der Waals surface area (Å²) in [5, 5.41) is 9.07. The van der Waals surface area contributed by atoms with E-state index in [9.17, 15) is 9.35 Å². The highest BCUT2D eigenvalue weighted by molar-refractivity contribution is 7.92. The Labute approximate surface area is 117 Å². The maximum atomic E-state index is 12.3. The number of rotatable bonds is 3. The zero-order valence-electron chi connectivity index (χ0n) is 11.6. The first-order valence-electron chi connectivity index (χ1n) is 6.61. The van der Waals surface area contributed by atoms with Gasteiger partial charge in [-0.15, -0.1) is 0 Å². The van der Waals surface area contributed by atoms with E-state index >= 15 is 0 Å². The number of hydrogen-bond acceptors (Lipinski definition) is 4. The summed E-state index contributed by atoms with van der Waals surface area (Å²) in [5.74, 6) is 0.428. The standard InChI is InChI=1S/C13H21N3O2S/c1-13(2,3)19(18)7-10(15)12(17)16-9(6-14)4-8-5-11(8)16/h8-11H,4-5,7,15H2,1-3H3/t8-,9?,10?,11+,19?/m1/s1. The van der Waals surface area contributed by atoms with E-state index in [1.807, 2.05) is 20.8 Å². The van der Waals surface area contributed by atoms with Crippen molar-refractivity contribution in [1.29, 1.82) is 5.26 Å². The number of fused-ring (bicyclic) bond motifs is 1. The molecule has 1 amide bonds. The minimum Gasteiger partial charge on any atom is -0.616 e. The zero-order chi connectivity index (χ0) is 14.4. The van der Waals surface area contributed by atoms with Gasteiger partial charge in [-0.25, -0.2) is 0 Å². The van der Waals surface area contributed by atoms with Crippen LogP contribution < -0.4 is 5.73 Å². The molecule has 3 unspecified atom stereocenters. The Hall–Kier alpha value is -0.770. The van der Waals surface area contributed by atoms with Crippen molar-refractivity contribution < 1.29 is 9.35 Å². The molecule has 1 saturated carbocycles. The second-order valence-corrected chi connectivity index (χ2v) is 8.67. The number of amides is 1. The molecule has 1 aliphatic carbocycles. The van der Waals surface area contributed by atoms with Gasteiger partial charge in [-0.3, -0.25) is 4.79 Å². The second kappa shape index (κ2) is 4.97. The fourth-order valence-corrected chi connectivity index (χ4v) is 3.53. The summed E-state index contributed by atoms with van der Waals surface area (Å²) in [5.41, 5.74) is 5.90. The lowest BCUT2D eigenvalue weighted by atomic mass is 10.2. The lowest BCUT2D eigenvalue weighted by Crippen LogP contribution is -2.51. The normalized spacial score (nSPS) is 32.4. The maximum Gasteiger partial charge on any atom is 0.245 e. The molecule has 2 fully saturated rings. The van der Waals surface area contributed by atoms with Gasteiger partial charge in [0.2, 0.25) is 5.91 Å². The molecule has 1 saturated heterocycles. The van der Waals surface area contributed by atoms with Gasteiger partial charge in [0.05, 0.1) is 6.07 Å². The van der Waals surface area contributed by atoms with Crippen molar-refractivity contribution in [1.82, 2.24) is 4.90 Å². The maximum absolute atomic E-state index is 12.3. The first-order valence-corrected chi connectivity index (χ1v) is 7.93. The number of hydrogen-bond donors (Lipinski definition) is 1. The van der Waals surface area contributed by atoms with Crippen LogP contribution in [0.2, 0.25) is 0 Å². The number of carbonyl (C=O) groups is 1. The molecule has 1 heterocycles. The molecule has 2 aliphatic rings. The largest absolute Gasteiger partial charge is 0.616 e. The van der Waals surface area contributed by atoms with E-state index in [1.54, 1.807) is 4.90 Å². The molecule has 19 heavy (non-hydrogen) atoms. The van der Waals surface area contributed by atoms with Crippen LogP contribution in [0.5, 0.6) is 0 Å². The second-order valence-electron chi connectivity index (χ2n) is 6.42. The molecule has 1 aliphatic heterocycles. The van der Waals surface area contributed by atoms with Crippen LogP contribution in [0.25, 0.3) is 0 Å². The summed E-state index contributed by atoms with van der Waals surface area (Å²) in [6.07, 6.45) is 1.75. The minimum absolute atomic E-state index is 0.161. The van der Waals surface area contributed by atoms with E-state index < -0.39 is 17.2 Å². The molecule has 0 aromatic carbocycles. The van der Waals surface area contributed by atoms with Crippen LogP contribution in [-0.2, 0) is 16.0 Å². The summed E-state index contributed by atoms with van der Waals surface area (Å²) in [6.45, 7) is 5.60. The van der Waals surface area contributed by atoms with Crippen molar-refractivity contribution in [2.24, 2.45) is 11.7 Å². The Morgan fingerprint density at radius 2 is 2.21 bits per heavy atom. The third-order valence-corrected chi connectivity index (χ3v) is 5.87. The van der Waals surface area contributed by atoms with Crippen LogP contribution in [0.3, 0.4) is 0 Å². The molecule has 2 rings (SSSR count). The first-order chi connectivity index (χ1) is 8.75. The summed E-state index contributed by atoms with van der Waals surface area (Å²) < 4.78 is 11.7. The summed E-state index contributed by atoms with van der Waals surface area (Å²) >= 11 is -1.15. The highest BCUT2D eigenvalue weighted by atomic mass is 32.2. The molecule has 0 bridgehead atoms. The Morgan fingerprint density at radius 3 is 2.74 bits per heavy atom. The van der Waals surface area contributed by atoms with Crippen LogP contribution in [0.15, 0.2) is 0 Å². The van der Waals surface area contributed by atoms with Crippen molar-refractivity contribution in [3.8, 4) is 6.07 Å². The van der Waals surface area contributed by atoms with Gasteiger partial charge in [-0.2, -0.15) is 5.26 Å². The highest BCUT2D eigenvalue weighted by Gasteiger charge is 2.55. The lowest BCUT2D eigenvalue weighted by Gasteiger charge is -2.29. The third-order valence-electron chi connectivity index (χ3n) is 3.84. The van der Waals surface area contributed by atoms with Crippen molar-refractivity contribution in [2.45, 2.75) is 56.5 Å². The highest BCUT2D eigenvalue weighted by Crippen LogP contribution is 2.47. The van der Waals surface area contributed by atoms with Crippen LogP contribution >= 0.6 is 0 Å². The number of likely N-dealkylation sites (tertiary alicyclic amines) is 1. The topological polar surface area (TPSA) is 93.2 Å². The average molecular weight is 283 g/mol. The Balaban J connectivity index is 1.98. The number of carbonyl (C=O) groups excluding carboxylic acids is 1. The molecule has 106 valence electrons. The quantitative estimate of drug-likeness (QED) is 0.757. The predicted octanol–water partition coefficient (Wildman–Crippen LogP) is 0.374. The summed E-state index contributed by atoms with van der Waals surface area (Å²) in [6, 6.07) is 1.26. The average Bonchev–Trinajstić information content (AvgIpc) is 2.98. The van der Waals surface area contributed by atoms with Crippen LogP contribution in [0.4, 0.5) is 0 Å². The van der Waals surface area contributed by atoms with Gasteiger partial charge in [0.1, 0.15) is 22.6 Å². The molecule has 2 N–H and O–H groups in total. The van der Waals surface area contributed by atoms with E-state index in [-0.39, 0.29) is 28.5 Å². The first kappa shape index (κ1) is 14.6. The smallest absolute Gasteiger partial charge is 0.245 e. The lowest BCUT2D eigenvalue weighted by molar-refractivity contribution is -0.133. The third kappa shape index (κ3) is 2.88. The van der Waals surface area contributed by atoms with E-state index in [4.69, 9.17) is 11.0 Å². The molecular weight excluding hydrogens is 262 g/mol. The molecule has 0 radical (unpaired) electrons. The minimum atomic E-state index is -1.15. The van der Waals surface area contributed by atoms with Crippen molar-refractivity contribution in [3.05, 3.63) is 0 Å². The summed E-state index contributed by atoms with van der Waals surface area (Å²) in [7, 11) is 0. The van der Waals surface area contributed by atoms with E-state index in [0.29, 0.717) is 5.92 Å². The molecular formula is C13H21N3O2S. The van der Waals surface area contributed by atoms with E-state index in [0.717, 1.165) is 12.8 Å². The van der Waals surface area contributed by atoms with Crippen LogP contribution in [0.1, 0.15) is 33.6 Å². The van der Waals surface area contributed by atoms with Gasteiger partial charge in [-0.1, -0.05) is 0 Å². The molecule has 0 aromatic heterocycles. The molecule has 0 aromatic rings. The number of nitrogens with two attached hydrogens (primary N) is 1. The van der Waals surface area contributed by atoms with Gasteiger partial charge in [0.15, 0.2) is 0 Å². The van der Waals surface area contributed by atoms with Crippen molar-refractivity contribution in [3.63, 3.8) is 0 Å². The van der Waals surface area contributed by atoms with E-state index in [1.165, 1.54) is 0 Å². The fourth-order valence-electron chi connectivity index (χ4n) is 2.56.